The molecule has 0 fully saturated rings. The van der Waals surface area contributed by atoms with Gasteiger partial charge in [0.25, 0.3) is 0 Å². The fourth-order valence-corrected chi connectivity index (χ4v) is 2.38. The second-order valence-corrected chi connectivity index (χ2v) is 5.13. The molecule has 0 amide bonds. The number of hydrogen-bond acceptors (Lipinski definition) is 5. The van der Waals surface area contributed by atoms with Crippen molar-refractivity contribution in [3.05, 3.63) is 59.2 Å². The Morgan fingerprint density at radius 1 is 1.17 bits per heavy atom. The third kappa shape index (κ3) is 3.23. The molecule has 1 aliphatic rings. The molecule has 0 aliphatic carbocycles. The largest absolute Gasteiger partial charge is 0.497 e. The summed E-state index contributed by atoms with van der Waals surface area (Å²) in [7, 11) is 1.53. The highest BCUT2D eigenvalue weighted by atomic mass is 16.6. The fourth-order valence-electron chi connectivity index (χ4n) is 2.38. The summed E-state index contributed by atoms with van der Waals surface area (Å²) in [6.07, 6.45) is 1.54. The quantitative estimate of drug-likeness (QED) is 0.491. The van der Waals surface area contributed by atoms with Crippen LogP contribution in [0.3, 0.4) is 0 Å². The molecule has 1 heterocycles. The van der Waals surface area contributed by atoms with E-state index >= 15 is 0 Å². The maximum Gasteiger partial charge on any atom is 0.203 e. The van der Waals surface area contributed by atoms with Crippen LogP contribution in [0.1, 0.15) is 15.9 Å². The Kier molecular flexibility index (Phi) is 4.48. The number of carbonyl (C=O) groups is 1. The second kappa shape index (κ2) is 6.88. The summed E-state index contributed by atoms with van der Waals surface area (Å²) in [5.74, 6) is 1.49. The Morgan fingerprint density at radius 3 is 2.71 bits per heavy atom. The van der Waals surface area contributed by atoms with Crippen LogP contribution in [0, 0.1) is 11.3 Å². The molecule has 0 unspecified atom stereocenters. The molecule has 3 rings (SSSR count). The topological polar surface area (TPSA) is 68.6 Å². The third-order valence-electron chi connectivity index (χ3n) is 3.57. The normalized spacial score (nSPS) is 13.1. The zero-order valence-corrected chi connectivity index (χ0v) is 13.1. The molecule has 2 aromatic rings. The minimum atomic E-state index is -0.355. The number of nitrogens with zero attached hydrogens (tertiary/aromatic N) is 1. The van der Waals surface area contributed by atoms with Crippen molar-refractivity contribution in [2.45, 2.75) is 0 Å². The molecule has 0 spiro atoms. The fraction of sp³-hybridized carbons (Fsp3) is 0.158. The summed E-state index contributed by atoms with van der Waals surface area (Å²) in [6.45, 7) is 0.994. The van der Waals surface area contributed by atoms with Gasteiger partial charge in [-0.05, 0) is 35.9 Å². The van der Waals surface area contributed by atoms with Crippen LogP contribution < -0.4 is 14.2 Å². The highest BCUT2D eigenvalue weighted by Gasteiger charge is 2.15. The number of allylic oxidation sites excluding steroid dienone is 1. The van der Waals surface area contributed by atoms with E-state index in [2.05, 4.69) is 0 Å². The van der Waals surface area contributed by atoms with Crippen LogP contribution in [0.25, 0.3) is 6.08 Å². The van der Waals surface area contributed by atoms with Gasteiger partial charge in [0.2, 0.25) is 5.78 Å². The first-order valence-electron chi connectivity index (χ1n) is 7.41. The number of methoxy groups -OCH3 is 1. The monoisotopic (exact) mass is 321 g/mol. The summed E-state index contributed by atoms with van der Waals surface area (Å²) < 4.78 is 16.1. The van der Waals surface area contributed by atoms with E-state index in [0.717, 1.165) is 0 Å². The van der Waals surface area contributed by atoms with Gasteiger partial charge in [0.1, 0.15) is 30.6 Å². The summed E-state index contributed by atoms with van der Waals surface area (Å²) in [6, 6.07) is 14.0. The van der Waals surface area contributed by atoms with Crippen LogP contribution in [0.5, 0.6) is 17.2 Å². The van der Waals surface area contributed by atoms with E-state index in [1.54, 1.807) is 48.5 Å². The first kappa shape index (κ1) is 15.6. The summed E-state index contributed by atoms with van der Waals surface area (Å²) in [5, 5.41) is 9.36. The van der Waals surface area contributed by atoms with E-state index in [1.165, 1.54) is 7.11 Å². The van der Waals surface area contributed by atoms with Gasteiger partial charge in [0.05, 0.1) is 7.11 Å². The van der Waals surface area contributed by atoms with Gasteiger partial charge in [0.15, 0.2) is 11.5 Å². The zero-order valence-electron chi connectivity index (χ0n) is 13.1. The lowest BCUT2D eigenvalue weighted by Gasteiger charge is -2.18. The SMILES string of the molecule is COc1cccc(C(=O)/C(C#N)=C\c2ccc3c(c2)OCCO3)c1. The molecule has 0 bridgehead atoms. The van der Waals surface area contributed by atoms with E-state index < -0.39 is 0 Å². The van der Waals surface area contributed by atoms with E-state index in [0.29, 0.717) is 41.6 Å². The van der Waals surface area contributed by atoms with E-state index in [4.69, 9.17) is 14.2 Å². The van der Waals surface area contributed by atoms with Crippen molar-refractivity contribution in [1.82, 2.24) is 0 Å². The summed E-state index contributed by atoms with van der Waals surface area (Å²) in [4.78, 5) is 12.5. The van der Waals surface area contributed by atoms with E-state index in [1.807, 2.05) is 6.07 Å². The van der Waals surface area contributed by atoms with Crippen molar-refractivity contribution < 1.29 is 19.0 Å². The standard InChI is InChI=1S/C19H15NO4/c1-22-16-4-2-3-14(11-16)19(21)15(12-20)9-13-5-6-17-18(10-13)24-8-7-23-17/h2-6,9-11H,7-8H2,1H3/b15-9-. The lowest BCUT2D eigenvalue weighted by Crippen LogP contribution is -2.15. The van der Waals surface area contributed by atoms with Crippen LogP contribution in [0.4, 0.5) is 0 Å². The van der Waals surface area contributed by atoms with Crippen LogP contribution in [0.15, 0.2) is 48.0 Å². The maximum absolute atomic E-state index is 12.5. The van der Waals surface area contributed by atoms with E-state index in [9.17, 15) is 10.1 Å². The van der Waals surface area contributed by atoms with Crippen molar-refractivity contribution in [3.8, 4) is 23.3 Å². The van der Waals surface area contributed by atoms with Gasteiger partial charge < -0.3 is 14.2 Å². The van der Waals surface area contributed by atoms with Crippen molar-refractivity contribution in [3.63, 3.8) is 0 Å². The minimum Gasteiger partial charge on any atom is -0.497 e. The van der Waals surface area contributed by atoms with Gasteiger partial charge in [0, 0.05) is 5.56 Å². The Morgan fingerprint density at radius 2 is 1.96 bits per heavy atom. The van der Waals surface area contributed by atoms with Crippen molar-refractivity contribution in [2.24, 2.45) is 0 Å². The lowest BCUT2D eigenvalue weighted by atomic mass is 10.0. The molecular weight excluding hydrogens is 306 g/mol. The van der Waals surface area contributed by atoms with Crippen LogP contribution >= 0.6 is 0 Å². The second-order valence-electron chi connectivity index (χ2n) is 5.13. The summed E-state index contributed by atoms with van der Waals surface area (Å²) in [5.41, 5.74) is 1.15. The Hall–Kier alpha value is -3.26. The number of fused-ring (bicyclic) bond motifs is 1. The van der Waals surface area contributed by atoms with Gasteiger partial charge >= 0.3 is 0 Å². The Balaban J connectivity index is 1.91. The maximum atomic E-state index is 12.5. The van der Waals surface area contributed by atoms with Crippen molar-refractivity contribution >= 4 is 11.9 Å². The van der Waals surface area contributed by atoms with Gasteiger partial charge in [-0.3, -0.25) is 4.79 Å². The number of ether oxygens (including phenoxy) is 3. The predicted molar refractivity (Wildman–Crippen MR) is 88.3 cm³/mol. The summed E-state index contributed by atoms with van der Waals surface area (Å²) >= 11 is 0. The number of nitriles is 1. The molecule has 120 valence electrons. The highest BCUT2D eigenvalue weighted by molar-refractivity contribution is 6.14. The molecule has 0 radical (unpaired) electrons. The predicted octanol–water partition coefficient (Wildman–Crippen LogP) is 3.26. The van der Waals surface area contributed by atoms with E-state index in [-0.39, 0.29) is 11.4 Å². The number of benzene rings is 2. The average Bonchev–Trinajstić information content (AvgIpc) is 2.65. The minimum absolute atomic E-state index is 0.0416. The molecule has 0 atom stereocenters. The molecule has 0 N–H and O–H groups in total. The molecule has 1 aliphatic heterocycles. The molecule has 0 saturated carbocycles. The zero-order chi connectivity index (χ0) is 16.9. The molecule has 0 saturated heterocycles. The van der Waals surface area contributed by atoms with Crippen molar-refractivity contribution in [1.29, 1.82) is 5.26 Å². The Labute approximate surface area is 139 Å². The van der Waals surface area contributed by atoms with Gasteiger partial charge in [-0.15, -0.1) is 0 Å². The Bertz CT molecular complexity index is 849. The first-order chi connectivity index (χ1) is 11.7. The molecule has 24 heavy (non-hydrogen) atoms. The molecule has 0 aromatic heterocycles. The number of hydrogen-bond donors (Lipinski definition) is 0. The third-order valence-corrected chi connectivity index (χ3v) is 3.57. The van der Waals surface area contributed by atoms with Gasteiger partial charge in [-0.25, -0.2) is 0 Å². The first-order valence-corrected chi connectivity index (χ1v) is 7.41. The molecule has 5 heteroatoms. The number of rotatable bonds is 4. The number of ketones is 1. The van der Waals surface area contributed by atoms with Crippen LogP contribution in [-0.2, 0) is 0 Å². The smallest absolute Gasteiger partial charge is 0.203 e. The van der Waals surface area contributed by atoms with Crippen LogP contribution in [-0.4, -0.2) is 26.1 Å². The highest BCUT2D eigenvalue weighted by Crippen LogP contribution is 2.31. The molecule has 5 nitrogen and oxygen atoms in total. The van der Waals surface area contributed by atoms with Gasteiger partial charge in [-0.2, -0.15) is 5.26 Å². The average molecular weight is 321 g/mol. The number of carbonyl (C=O) groups excluding carboxylic acids is 1. The van der Waals surface area contributed by atoms with Gasteiger partial charge in [-0.1, -0.05) is 18.2 Å². The van der Waals surface area contributed by atoms with Crippen molar-refractivity contribution in [2.75, 3.05) is 20.3 Å². The molecule has 2 aromatic carbocycles. The molecular formula is C19H15NO4. The number of Topliss-reactive ketones (excluding diaryl/α,β-unsaturated/α-hetero) is 1. The lowest BCUT2D eigenvalue weighted by molar-refractivity contribution is 0.103. The van der Waals surface area contributed by atoms with Crippen LogP contribution in [0.2, 0.25) is 0 Å².